The molecule has 1 rings (SSSR count). The lowest BCUT2D eigenvalue weighted by Gasteiger charge is -2.07. The van der Waals surface area contributed by atoms with E-state index in [0.29, 0.717) is 6.42 Å². The summed E-state index contributed by atoms with van der Waals surface area (Å²) in [5.74, 6) is 1.08. The Bertz CT molecular complexity index is 349. The molecule has 1 atom stereocenters. The van der Waals surface area contributed by atoms with Gasteiger partial charge in [0.15, 0.2) is 0 Å². The molecule has 0 aliphatic rings. The van der Waals surface area contributed by atoms with Crippen molar-refractivity contribution >= 4 is 23.4 Å². The maximum absolute atomic E-state index is 11.6. The van der Waals surface area contributed by atoms with Gasteiger partial charge in [-0.15, -0.1) is 11.8 Å². The molecule has 0 aromatic heterocycles. The van der Waals surface area contributed by atoms with Crippen LogP contribution in [-0.2, 0) is 4.79 Å². The third-order valence-electron chi connectivity index (χ3n) is 2.28. The molecule has 0 aliphatic carbocycles. The van der Waals surface area contributed by atoms with Crippen molar-refractivity contribution in [1.82, 2.24) is 0 Å². The number of amides is 1. The molecule has 0 radical (unpaired) electrons. The minimum Gasteiger partial charge on any atom is -0.328 e. The van der Waals surface area contributed by atoms with Gasteiger partial charge in [-0.2, -0.15) is 0 Å². The normalized spacial score (nSPS) is 12.2. The van der Waals surface area contributed by atoms with Crippen LogP contribution < -0.4 is 11.1 Å². The molecule has 1 aromatic carbocycles. The molecule has 1 aromatic rings. The molecule has 4 heteroatoms. The standard InChI is InChI=1S/C13H20N2OS/c1-3-17-12-7-5-11(6-8-12)15-13(16)9-4-10(2)14/h5-8,10H,3-4,9,14H2,1-2H3,(H,15,16). The highest BCUT2D eigenvalue weighted by Crippen LogP contribution is 2.19. The smallest absolute Gasteiger partial charge is 0.224 e. The third kappa shape index (κ3) is 5.75. The fraction of sp³-hybridized carbons (Fsp3) is 0.462. The summed E-state index contributed by atoms with van der Waals surface area (Å²) >= 11 is 1.79. The van der Waals surface area contributed by atoms with Gasteiger partial charge in [0.25, 0.3) is 0 Å². The van der Waals surface area contributed by atoms with E-state index in [1.54, 1.807) is 11.8 Å². The predicted molar refractivity (Wildman–Crippen MR) is 74.4 cm³/mol. The second-order valence-electron chi connectivity index (χ2n) is 4.02. The minimum absolute atomic E-state index is 0.0261. The fourth-order valence-corrected chi connectivity index (χ4v) is 2.05. The highest BCUT2D eigenvalue weighted by molar-refractivity contribution is 7.99. The first-order chi connectivity index (χ1) is 8.11. The Labute approximate surface area is 107 Å². The van der Waals surface area contributed by atoms with Crippen LogP contribution in [0.2, 0.25) is 0 Å². The first-order valence-corrected chi connectivity index (χ1v) is 6.88. The lowest BCUT2D eigenvalue weighted by atomic mass is 10.2. The van der Waals surface area contributed by atoms with Crippen molar-refractivity contribution in [1.29, 1.82) is 0 Å². The van der Waals surface area contributed by atoms with Crippen LogP contribution in [-0.4, -0.2) is 17.7 Å². The van der Waals surface area contributed by atoms with Crippen LogP contribution in [0.3, 0.4) is 0 Å². The number of thioether (sulfide) groups is 1. The Kier molecular flexibility index (Phi) is 6.08. The highest BCUT2D eigenvalue weighted by Gasteiger charge is 2.04. The van der Waals surface area contributed by atoms with E-state index in [9.17, 15) is 4.79 Å². The van der Waals surface area contributed by atoms with Crippen LogP contribution in [0.25, 0.3) is 0 Å². The molecule has 3 N–H and O–H groups in total. The van der Waals surface area contributed by atoms with E-state index in [0.717, 1.165) is 17.9 Å². The van der Waals surface area contributed by atoms with Gasteiger partial charge in [-0.3, -0.25) is 4.79 Å². The van der Waals surface area contributed by atoms with E-state index in [-0.39, 0.29) is 11.9 Å². The summed E-state index contributed by atoms with van der Waals surface area (Å²) in [6.45, 7) is 4.03. The van der Waals surface area contributed by atoms with Crippen LogP contribution in [0, 0.1) is 0 Å². The highest BCUT2D eigenvalue weighted by atomic mass is 32.2. The second-order valence-corrected chi connectivity index (χ2v) is 5.36. The van der Waals surface area contributed by atoms with Crippen LogP contribution in [0.15, 0.2) is 29.2 Å². The Morgan fingerprint density at radius 3 is 2.59 bits per heavy atom. The summed E-state index contributed by atoms with van der Waals surface area (Å²) in [5.41, 5.74) is 6.45. The van der Waals surface area contributed by atoms with Crippen LogP contribution in [0.4, 0.5) is 5.69 Å². The number of anilines is 1. The molecule has 0 heterocycles. The van der Waals surface area contributed by atoms with Crippen LogP contribution in [0.1, 0.15) is 26.7 Å². The van der Waals surface area contributed by atoms with E-state index in [2.05, 4.69) is 12.2 Å². The number of nitrogens with one attached hydrogen (secondary N) is 1. The zero-order valence-electron chi connectivity index (χ0n) is 10.4. The Balaban J connectivity index is 2.43. The van der Waals surface area contributed by atoms with Gasteiger partial charge < -0.3 is 11.1 Å². The lowest BCUT2D eigenvalue weighted by molar-refractivity contribution is -0.116. The average molecular weight is 252 g/mol. The van der Waals surface area contributed by atoms with Crippen LogP contribution in [0.5, 0.6) is 0 Å². The molecule has 94 valence electrons. The van der Waals surface area contributed by atoms with Gasteiger partial charge in [-0.25, -0.2) is 0 Å². The van der Waals surface area contributed by atoms with Crippen molar-refractivity contribution in [3.8, 4) is 0 Å². The largest absolute Gasteiger partial charge is 0.328 e. The van der Waals surface area contributed by atoms with Crippen molar-refractivity contribution in [2.45, 2.75) is 37.6 Å². The van der Waals surface area contributed by atoms with Gasteiger partial charge in [0.2, 0.25) is 5.91 Å². The van der Waals surface area contributed by atoms with E-state index >= 15 is 0 Å². The summed E-state index contributed by atoms with van der Waals surface area (Å²) in [7, 11) is 0. The molecular formula is C13H20N2OS. The minimum atomic E-state index is 0.0261. The molecule has 0 fully saturated rings. The van der Waals surface area contributed by atoms with Gasteiger partial charge in [-0.05, 0) is 43.4 Å². The number of carbonyl (C=O) groups excluding carboxylic acids is 1. The Morgan fingerprint density at radius 1 is 1.41 bits per heavy atom. The molecule has 3 nitrogen and oxygen atoms in total. The summed E-state index contributed by atoms with van der Waals surface area (Å²) < 4.78 is 0. The van der Waals surface area contributed by atoms with E-state index < -0.39 is 0 Å². The van der Waals surface area contributed by atoms with Gasteiger partial charge >= 0.3 is 0 Å². The monoisotopic (exact) mass is 252 g/mol. The SMILES string of the molecule is CCSc1ccc(NC(=O)CCC(C)N)cc1. The van der Waals surface area contributed by atoms with Crippen LogP contribution >= 0.6 is 11.8 Å². The van der Waals surface area contributed by atoms with Crippen molar-refractivity contribution in [2.75, 3.05) is 11.1 Å². The van der Waals surface area contributed by atoms with Gasteiger partial charge in [-0.1, -0.05) is 6.92 Å². The van der Waals surface area contributed by atoms with Gasteiger partial charge in [0, 0.05) is 23.0 Å². The molecule has 0 bridgehead atoms. The Hall–Kier alpha value is -1.00. The second kappa shape index (κ2) is 7.35. The molecule has 0 spiro atoms. The maximum atomic E-state index is 11.6. The van der Waals surface area contributed by atoms with Gasteiger partial charge in [0.05, 0.1) is 0 Å². The molecular weight excluding hydrogens is 232 g/mol. The molecule has 1 amide bonds. The fourth-order valence-electron chi connectivity index (χ4n) is 1.38. The number of benzene rings is 1. The number of carbonyl (C=O) groups is 1. The number of hydrogen-bond acceptors (Lipinski definition) is 3. The van der Waals surface area contributed by atoms with E-state index in [1.165, 1.54) is 4.90 Å². The quantitative estimate of drug-likeness (QED) is 0.765. The van der Waals surface area contributed by atoms with Crippen molar-refractivity contribution in [3.63, 3.8) is 0 Å². The van der Waals surface area contributed by atoms with E-state index in [1.807, 2.05) is 31.2 Å². The third-order valence-corrected chi connectivity index (χ3v) is 3.17. The Morgan fingerprint density at radius 2 is 2.06 bits per heavy atom. The molecule has 1 unspecified atom stereocenters. The zero-order chi connectivity index (χ0) is 12.7. The van der Waals surface area contributed by atoms with Crippen molar-refractivity contribution < 1.29 is 4.79 Å². The number of nitrogens with two attached hydrogens (primary N) is 1. The lowest BCUT2D eigenvalue weighted by Crippen LogP contribution is -2.19. The summed E-state index contributed by atoms with van der Waals surface area (Å²) in [6.07, 6.45) is 1.19. The molecule has 0 saturated carbocycles. The average Bonchev–Trinajstić information content (AvgIpc) is 2.29. The first-order valence-electron chi connectivity index (χ1n) is 5.90. The van der Waals surface area contributed by atoms with Crippen molar-refractivity contribution in [2.24, 2.45) is 5.73 Å². The van der Waals surface area contributed by atoms with Gasteiger partial charge in [0.1, 0.15) is 0 Å². The first kappa shape index (κ1) is 14.1. The summed E-state index contributed by atoms with van der Waals surface area (Å²) in [5, 5.41) is 2.86. The molecule has 0 saturated heterocycles. The van der Waals surface area contributed by atoms with Crippen molar-refractivity contribution in [3.05, 3.63) is 24.3 Å². The summed E-state index contributed by atoms with van der Waals surface area (Å²) in [4.78, 5) is 12.8. The maximum Gasteiger partial charge on any atom is 0.224 e. The number of rotatable bonds is 6. The molecule has 0 aliphatic heterocycles. The molecule has 17 heavy (non-hydrogen) atoms. The number of hydrogen-bond donors (Lipinski definition) is 2. The van der Waals surface area contributed by atoms with E-state index in [4.69, 9.17) is 5.73 Å². The summed E-state index contributed by atoms with van der Waals surface area (Å²) in [6, 6.07) is 7.98. The topological polar surface area (TPSA) is 55.1 Å². The predicted octanol–water partition coefficient (Wildman–Crippen LogP) is 2.86. The zero-order valence-corrected chi connectivity index (χ0v) is 11.2.